The molecule has 1 N–H and O–H groups in total. The molecule has 3 nitrogen and oxygen atoms in total. The fraction of sp³-hybridized carbons (Fsp3) is 0.500. The highest BCUT2D eigenvalue weighted by molar-refractivity contribution is 7.16. The number of carbonyl (C=O) groups excluding carboxylic acids is 1. The van der Waals surface area contributed by atoms with Gasteiger partial charge >= 0.3 is 0 Å². The van der Waals surface area contributed by atoms with E-state index in [1.165, 1.54) is 22.4 Å². The van der Waals surface area contributed by atoms with E-state index < -0.39 is 0 Å². The summed E-state index contributed by atoms with van der Waals surface area (Å²) in [6.45, 7) is 7.03. The third-order valence-electron chi connectivity index (χ3n) is 5.61. The van der Waals surface area contributed by atoms with Gasteiger partial charge in [0, 0.05) is 29.6 Å². The highest BCUT2D eigenvalue weighted by atomic mass is 32.1. The van der Waals surface area contributed by atoms with Gasteiger partial charge in [-0.05, 0) is 53.4 Å². The lowest BCUT2D eigenvalue weighted by Gasteiger charge is -2.34. The number of hydrogen-bond acceptors (Lipinski definition) is 3. The molecule has 0 fully saturated rings. The van der Waals surface area contributed by atoms with Crippen LogP contribution in [-0.4, -0.2) is 10.9 Å². The number of anilines is 1. The Bertz CT molecular complexity index is 773. The van der Waals surface area contributed by atoms with E-state index >= 15 is 0 Å². The van der Waals surface area contributed by atoms with Crippen molar-refractivity contribution in [1.29, 1.82) is 0 Å². The highest BCUT2D eigenvalue weighted by Crippen LogP contribution is 2.50. The summed E-state index contributed by atoms with van der Waals surface area (Å²) < 4.78 is 0. The van der Waals surface area contributed by atoms with Gasteiger partial charge in [-0.1, -0.05) is 26.8 Å². The Hall–Kier alpha value is -1.68. The van der Waals surface area contributed by atoms with Gasteiger partial charge < -0.3 is 5.32 Å². The predicted octanol–water partition coefficient (Wildman–Crippen LogP) is 4.77. The Labute approximate surface area is 147 Å². The lowest BCUT2D eigenvalue weighted by atomic mass is 9.71. The van der Waals surface area contributed by atoms with Gasteiger partial charge in [0.25, 0.3) is 0 Å². The van der Waals surface area contributed by atoms with E-state index in [2.05, 4.69) is 37.1 Å². The first-order chi connectivity index (χ1) is 11.4. The van der Waals surface area contributed by atoms with E-state index in [0.29, 0.717) is 11.8 Å². The van der Waals surface area contributed by atoms with E-state index in [9.17, 15) is 4.79 Å². The van der Waals surface area contributed by atoms with Gasteiger partial charge in [0.2, 0.25) is 5.91 Å². The molecular formula is C20H24N2OS. The van der Waals surface area contributed by atoms with Crippen LogP contribution in [0.5, 0.6) is 0 Å². The van der Waals surface area contributed by atoms with E-state index in [1.807, 2.05) is 23.6 Å². The van der Waals surface area contributed by atoms with Crippen molar-refractivity contribution in [3.05, 3.63) is 46.1 Å². The van der Waals surface area contributed by atoms with Crippen LogP contribution < -0.4 is 5.32 Å². The van der Waals surface area contributed by atoms with Crippen molar-refractivity contribution < 1.29 is 4.79 Å². The molecule has 0 aromatic carbocycles. The van der Waals surface area contributed by atoms with Crippen molar-refractivity contribution >= 4 is 22.2 Å². The second-order valence-electron chi connectivity index (χ2n) is 8.14. The summed E-state index contributed by atoms with van der Waals surface area (Å²) >= 11 is 1.81. The molecule has 2 aromatic heterocycles. The molecule has 0 bridgehead atoms. The summed E-state index contributed by atoms with van der Waals surface area (Å²) in [4.78, 5) is 18.0. The van der Waals surface area contributed by atoms with Crippen LogP contribution >= 0.6 is 11.3 Å². The van der Waals surface area contributed by atoms with Crippen LogP contribution in [0.1, 0.15) is 61.1 Å². The molecule has 2 aromatic rings. The zero-order valence-corrected chi connectivity index (χ0v) is 15.4. The number of rotatable bonds is 1. The molecule has 0 saturated carbocycles. The second-order valence-corrected chi connectivity index (χ2v) is 9.25. The van der Waals surface area contributed by atoms with Crippen LogP contribution in [0, 0.1) is 11.3 Å². The molecule has 3 heterocycles. The van der Waals surface area contributed by atoms with Crippen LogP contribution in [0.2, 0.25) is 0 Å². The molecular weight excluding hydrogens is 316 g/mol. The largest absolute Gasteiger partial charge is 0.317 e. The van der Waals surface area contributed by atoms with Crippen molar-refractivity contribution in [3.8, 4) is 0 Å². The number of aromatic nitrogens is 1. The number of pyridine rings is 1. The fourth-order valence-corrected chi connectivity index (χ4v) is 5.55. The third-order valence-corrected chi connectivity index (χ3v) is 6.79. The van der Waals surface area contributed by atoms with Gasteiger partial charge in [-0.2, -0.15) is 0 Å². The van der Waals surface area contributed by atoms with E-state index in [-0.39, 0.29) is 11.8 Å². The van der Waals surface area contributed by atoms with Crippen LogP contribution in [0.3, 0.4) is 0 Å². The minimum atomic E-state index is 0.127. The first-order valence-corrected chi connectivity index (χ1v) is 9.59. The van der Waals surface area contributed by atoms with Crippen LogP contribution in [0.15, 0.2) is 24.5 Å². The Morgan fingerprint density at radius 2 is 2.12 bits per heavy atom. The number of hydrogen-bond donors (Lipinski definition) is 1. The zero-order valence-electron chi connectivity index (χ0n) is 14.6. The molecule has 2 aliphatic rings. The standard InChI is InChI=1S/C20H24N2OS/c1-20(2,3)13-6-7-14-16(9-13)24-19-18(14)15(10-17(23)22-19)12-5-4-8-21-11-12/h4-5,8,11,13,15H,6-7,9-10H2,1-3H3,(H,22,23)/t13-,15-/m1/s1. The molecule has 4 rings (SSSR count). The summed E-state index contributed by atoms with van der Waals surface area (Å²) in [6, 6.07) is 4.07. The Morgan fingerprint density at radius 1 is 1.29 bits per heavy atom. The van der Waals surface area contributed by atoms with Crippen LogP contribution in [-0.2, 0) is 17.6 Å². The maximum absolute atomic E-state index is 12.2. The van der Waals surface area contributed by atoms with E-state index in [1.54, 1.807) is 6.20 Å². The molecule has 2 atom stereocenters. The summed E-state index contributed by atoms with van der Waals surface area (Å²) in [6.07, 6.45) is 7.77. The maximum Gasteiger partial charge on any atom is 0.225 e. The molecule has 1 aliphatic carbocycles. The summed E-state index contributed by atoms with van der Waals surface area (Å²) in [7, 11) is 0. The van der Waals surface area contributed by atoms with Gasteiger partial charge in [0.1, 0.15) is 0 Å². The highest BCUT2D eigenvalue weighted by Gasteiger charge is 2.37. The third kappa shape index (κ3) is 2.67. The van der Waals surface area contributed by atoms with Crippen LogP contribution in [0.25, 0.3) is 0 Å². The minimum absolute atomic E-state index is 0.127. The molecule has 0 unspecified atom stereocenters. The average Bonchev–Trinajstić information content (AvgIpc) is 2.91. The summed E-state index contributed by atoms with van der Waals surface area (Å²) in [5.41, 5.74) is 4.38. The lowest BCUT2D eigenvalue weighted by Crippen LogP contribution is -2.27. The van der Waals surface area contributed by atoms with E-state index in [4.69, 9.17) is 0 Å². The monoisotopic (exact) mass is 340 g/mol. The van der Waals surface area contributed by atoms with Gasteiger partial charge in [0.15, 0.2) is 0 Å². The molecule has 126 valence electrons. The Morgan fingerprint density at radius 3 is 2.83 bits per heavy atom. The number of amides is 1. The van der Waals surface area contributed by atoms with Gasteiger partial charge in [-0.15, -0.1) is 11.3 Å². The molecule has 0 radical (unpaired) electrons. The van der Waals surface area contributed by atoms with Gasteiger partial charge in [0.05, 0.1) is 5.00 Å². The first kappa shape index (κ1) is 15.8. The number of nitrogens with one attached hydrogen (secondary N) is 1. The first-order valence-electron chi connectivity index (χ1n) is 8.77. The lowest BCUT2D eigenvalue weighted by molar-refractivity contribution is -0.116. The van der Waals surface area contributed by atoms with Gasteiger partial charge in [-0.3, -0.25) is 9.78 Å². The van der Waals surface area contributed by atoms with Crippen molar-refractivity contribution in [2.75, 3.05) is 5.32 Å². The second kappa shape index (κ2) is 5.69. The minimum Gasteiger partial charge on any atom is -0.317 e. The van der Waals surface area contributed by atoms with Crippen molar-refractivity contribution in [1.82, 2.24) is 4.98 Å². The van der Waals surface area contributed by atoms with Crippen molar-refractivity contribution in [3.63, 3.8) is 0 Å². The zero-order chi connectivity index (χ0) is 16.9. The fourth-order valence-electron chi connectivity index (χ4n) is 4.14. The molecule has 24 heavy (non-hydrogen) atoms. The SMILES string of the molecule is CC(C)(C)[C@@H]1CCc2c(sc3c2[C@@H](c2cccnc2)CC(=O)N3)C1. The van der Waals surface area contributed by atoms with Crippen molar-refractivity contribution in [2.45, 2.75) is 52.4 Å². The van der Waals surface area contributed by atoms with Crippen LogP contribution in [0.4, 0.5) is 5.00 Å². The summed E-state index contributed by atoms with van der Waals surface area (Å²) in [5.74, 6) is 1.01. The normalized spacial score (nSPS) is 23.4. The number of fused-ring (bicyclic) bond motifs is 3. The quantitative estimate of drug-likeness (QED) is 0.812. The smallest absolute Gasteiger partial charge is 0.225 e. The topological polar surface area (TPSA) is 42.0 Å². The number of nitrogens with zero attached hydrogens (tertiary/aromatic N) is 1. The van der Waals surface area contributed by atoms with Gasteiger partial charge in [-0.25, -0.2) is 0 Å². The molecule has 0 spiro atoms. The summed E-state index contributed by atoms with van der Waals surface area (Å²) in [5, 5.41) is 4.21. The Kier molecular flexibility index (Phi) is 3.75. The van der Waals surface area contributed by atoms with Crippen molar-refractivity contribution in [2.24, 2.45) is 11.3 Å². The molecule has 1 amide bonds. The maximum atomic E-state index is 12.2. The molecule has 0 saturated heterocycles. The number of thiophene rings is 1. The number of carbonyl (C=O) groups is 1. The molecule has 1 aliphatic heterocycles. The molecule has 4 heteroatoms. The Balaban J connectivity index is 1.76. The predicted molar refractivity (Wildman–Crippen MR) is 98.6 cm³/mol. The average molecular weight is 340 g/mol. The van der Waals surface area contributed by atoms with E-state index in [0.717, 1.165) is 29.3 Å².